The van der Waals surface area contributed by atoms with Gasteiger partial charge in [0.15, 0.2) is 5.65 Å². The predicted octanol–water partition coefficient (Wildman–Crippen LogP) is 4.11. The van der Waals surface area contributed by atoms with E-state index in [1.54, 1.807) is 24.7 Å². The normalized spacial score (nSPS) is 23.2. The van der Waals surface area contributed by atoms with Crippen molar-refractivity contribution in [2.45, 2.75) is 11.8 Å². The molecule has 0 spiro atoms. The van der Waals surface area contributed by atoms with Crippen molar-refractivity contribution < 1.29 is 4.39 Å². The maximum absolute atomic E-state index is 14.7. The van der Waals surface area contributed by atoms with E-state index in [1.807, 2.05) is 24.3 Å². The van der Waals surface area contributed by atoms with Crippen LogP contribution in [0.4, 0.5) is 10.2 Å². The maximum Gasteiger partial charge on any atom is 0.177 e. The number of rotatable bonds is 4. The fraction of sp³-hybridized carbons (Fsp3) is 0.269. The number of hydrogen-bond acceptors (Lipinski definition) is 7. The molecule has 0 amide bonds. The van der Waals surface area contributed by atoms with Crippen LogP contribution in [0.1, 0.15) is 12.0 Å². The summed E-state index contributed by atoms with van der Waals surface area (Å²) in [4.78, 5) is 20.4. The molecule has 0 unspecified atom stereocenters. The molecule has 2 aliphatic rings. The number of piperidine rings is 1. The fourth-order valence-electron chi connectivity index (χ4n) is 6.15. The van der Waals surface area contributed by atoms with Crippen molar-refractivity contribution in [3.05, 3.63) is 71.4 Å². The average molecular weight is 501 g/mol. The third-order valence-electron chi connectivity index (χ3n) is 7.96. The number of benzene rings is 2. The van der Waals surface area contributed by atoms with Crippen LogP contribution in [-0.2, 0) is 5.41 Å². The van der Waals surface area contributed by atoms with Crippen LogP contribution < -0.4 is 10.6 Å². The Kier molecular flexibility index (Phi) is 4.74. The van der Waals surface area contributed by atoms with Gasteiger partial charge in [0.05, 0.1) is 16.7 Å². The zero-order chi connectivity index (χ0) is 24.4. The lowest BCUT2D eigenvalue weighted by Gasteiger charge is -2.26. The van der Waals surface area contributed by atoms with E-state index in [0.29, 0.717) is 45.4 Å². The van der Waals surface area contributed by atoms with E-state index in [2.05, 4.69) is 25.1 Å². The minimum Gasteiger partial charge on any atom is -0.355 e. The molecule has 2 aromatic carbocycles. The molecule has 7 rings (SSSR count). The Morgan fingerprint density at radius 3 is 2.81 bits per heavy atom. The molecule has 2 fully saturated rings. The van der Waals surface area contributed by atoms with Crippen molar-refractivity contribution in [3.63, 3.8) is 0 Å². The number of aromatic amines is 1. The van der Waals surface area contributed by atoms with E-state index in [1.165, 1.54) is 6.07 Å². The molecule has 3 N–H and O–H groups in total. The zero-order valence-electron chi connectivity index (χ0n) is 19.2. The Hall–Kier alpha value is -3.69. The van der Waals surface area contributed by atoms with Crippen LogP contribution in [0.2, 0.25) is 5.02 Å². The van der Waals surface area contributed by atoms with E-state index in [-0.39, 0.29) is 17.2 Å². The van der Waals surface area contributed by atoms with E-state index in [9.17, 15) is 4.39 Å². The number of anilines is 1. The Morgan fingerprint density at radius 1 is 1.08 bits per heavy atom. The van der Waals surface area contributed by atoms with Crippen LogP contribution in [0.3, 0.4) is 0 Å². The number of aromatic nitrogens is 6. The minimum absolute atomic E-state index is 0.173. The van der Waals surface area contributed by atoms with E-state index in [0.717, 1.165) is 36.5 Å². The molecule has 3 aromatic heterocycles. The monoisotopic (exact) mass is 500 g/mol. The number of nitrogens with two attached hydrogens (primary N) is 1. The highest BCUT2D eigenvalue weighted by Crippen LogP contribution is 2.63. The molecular weight excluding hydrogens is 479 g/mol. The highest BCUT2D eigenvalue weighted by molar-refractivity contribution is 6.37. The average Bonchev–Trinajstić information content (AvgIpc) is 3.38. The second kappa shape index (κ2) is 7.91. The van der Waals surface area contributed by atoms with E-state index < -0.39 is 0 Å². The standard InChI is InChI=1S/C26H22ClFN8/c27-21-14(5-6-19-23(21)31-9-8-30-19)22-24-25(35-34-22)33-20(11-32-24)36-10-7-15-17(12-36)26(15,13-29)16-3-1-2-4-18(16)28/h1-6,8-9,11,15,17H,7,10,12-13,29H2,(H,33,34,35)/t15-,17+,26-/m1/s1. The molecule has 3 atom stereocenters. The van der Waals surface area contributed by atoms with Crippen LogP contribution in [0, 0.1) is 17.7 Å². The van der Waals surface area contributed by atoms with Gasteiger partial charge in [-0.3, -0.25) is 15.1 Å². The second-order valence-corrected chi connectivity index (χ2v) is 9.90. The van der Waals surface area contributed by atoms with Crippen molar-refractivity contribution in [3.8, 4) is 11.3 Å². The van der Waals surface area contributed by atoms with Gasteiger partial charge in [0.1, 0.15) is 28.4 Å². The summed E-state index contributed by atoms with van der Waals surface area (Å²) in [7, 11) is 0. The molecule has 1 aliphatic carbocycles. The lowest BCUT2D eigenvalue weighted by molar-refractivity contribution is 0.533. The third kappa shape index (κ3) is 2.99. The number of nitrogens with one attached hydrogen (secondary N) is 1. The summed E-state index contributed by atoms with van der Waals surface area (Å²) in [5.74, 6) is 1.25. The topological polar surface area (TPSA) is 110 Å². The Morgan fingerprint density at radius 2 is 1.94 bits per heavy atom. The van der Waals surface area contributed by atoms with Gasteiger partial charge >= 0.3 is 0 Å². The van der Waals surface area contributed by atoms with Crippen molar-refractivity contribution in [1.82, 2.24) is 30.1 Å². The summed E-state index contributed by atoms with van der Waals surface area (Å²) in [5, 5.41) is 7.95. The summed E-state index contributed by atoms with van der Waals surface area (Å²) in [6.07, 6.45) is 5.94. The highest BCUT2D eigenvalue weighted by Gasteiger charge is 2.66. The zero-order valence-corrected chi connectivity index (χ0v) is 20.0. The number of halogens is 2. The van der Waals surface area contributed by atoms with Gasteiger partial charge in [0, 0.05) is 43.0 Å². The van der Waals surface area contributed by atoms with Crippen molar-refractivity contribution in [2.24, 2.45) is 17.6 Å². The quantitative estimate of drug-likeness (QED) is 0.382. The molecule has 36 heavy (non-hydrogen) atoms. The van der Waals surface area contributed by atoms with Gasteiger partial charge in [-0.15, -0.1) is 0 Å². The molecule has 8 nitrogen and oxygen atoms in total. The summed E-state index contributed by atoms with van der Waals surface area (Å²) in [6, 6.07) is 10.8. The van der Waals surface area contributed by atoms with Crippen LogP contribution in [-0.4, -0.2) is 49.8 Å². The number of nitrogens with zero attached hydrogens (tertiary/aromatic N) is 6. The van der Waals surface area contributed by atoms with Crippen LogP contribution >= 0.6 is 11.6 Å². The first-order valence-electron chi connectivity index (χ1n) is 11.9. The summed E-state index contributed by atoms with van der Waals surface area (Å²) in [6.45, 7) is 2.00. The fourth-order valence-corrected chi connectivity index (χ4v) is 6.45. The first-order chi connectivity index (χ1) is 17.6. The Labute approximate surface area is 210 Å². The van der Waals surface area contributed by atoms with Crippen molar-refractivity contribution in [2.75, 3.05) is 24.5 Å². The van der Waals surface area contributed by atoms with Crippen molar-refractivity contribution >= 4 is 39.6 Å². The smallest absolute Gasteiger partial charge is 0.177 e. The number of hydrogen-bond donors (Lipinski definition) is 2. The third-order valence-corrected chi connectivity index (χ3v) is 8.34. The molecule has 4 heterocycles. The van der Waals surface area contributed by atoms with Crippen LogP contribution in [0.25, 0.3) is 33.5 Å². The van der Waals surface area contributed by atoms with Gasteiger partial charge in [-0.2, -0.15) is 5.10 Å². The lowest BCUT2D eigenvalue weighted by Crippen LogP contribution is -2.32. The van der Waals surface area contributed by atoms with Crippen LogP contribution in [0.5, 0.6) is 0 Å². The molecule has 1 saturated heterocycles. The summed E-state index contributed by atoms with van der Waals surface area (Å²) < 4.78 is 14.7. The van der Waals surface area contributed by atoms with Crippen molar-refractivity contribution in [1.29, 1.82) is 0 Å². The van der Waals surface area contributed by atoms with Crippen LogP contribution in [0.15, 0.2) is 55.0 Å². The van der Waals surface area contributed by atoms with Gasteiger partial charge in [-0.1, -0.05) is 29.8 Å². The molecule has 1 aliphatic heterocycles. The molecular formula is C26H22ClFN8. The Balaban J connectivity index is 1.20. The van der Waals surface area contributed by atoms with Gasteiger partial charge in [-0.25, -0.2) is 14.4 Å². The number of fused-ring (bicyclic) bond motifs is 3. The minimum atomic E-state index is -0.311. The summed E-state index contributed by atoms with van der Waals surface area (Å²) >= 11 is 6.66. The first kappa shape index (κ1) is 21.6. The van der Waals surface area contributed by atoms with Gasteiger partial charge in [0.2, 0.25) is 0 Å². The Bertz CT molecular complexity index is 1640. The molecule has 10 heteroatoms. The predicted molar refractivity (Wildman–Crippen MR) is 136 cm³/mol. The lowest BCUT2D eigenvalue weighted by atomic mass is 9.91. The molecule has 5 aromatic rings. The highest BCUT2D eigenvalue weighted by atomic mass is 35.5. The molecule has 0 bridgehead atoms. The largest absolute Gasteiger partial charge is 0.355 e. The second-order valence-electron chi connectivity index (χ2n) is 9.52. The first-order valence-corrected chi connectivity index (χ1v) is 12.3. The van der Waals surface area contributed by atoms with E-state index in [4.69, 9.17) is 27.3 Å². The van der Waals surface area contributed by atoms with Gasteiger partial charge in [0.25, 0.3) is 0 Å². The molecule has 1 saturated carbocycles. The SMILES string of the molecule is NC[C@]1(c2ccccc2F)[C@@H]2CCN(c3cnc4c(-c5ccc6nccnc6c5Cl)n[nH]c4n3)C[C@@H]21. The van der Waals surface area contributed by atoms with Gasteiger partial charge < -0.3 is 10.6 Å². The number of H-pyrrole nitrogens is 1. The summed E-state index contributed by atoms with van der Waals surface area (Å²) in [5.41, 5.74) is 10.5. The maximum atomic E-state index is 14.7. The molecule has 180 valence electrons. The van der Waals surface area contributed by atoms with E-state index >= 15 is 0 Å². The molecule has 0 radical (unpaired) electrons. The van der Waals surface area contributed by atoms with Gasteiger partial charge in [-0.05, 0) is 42.0 Å².